The Morgan fingerprint density at radius 3 is 2.67 bits per heavy atom. The summed E-state index contributed by atoms with van der Waals surface area (Å²) in [7, 11) is -2.95. The maximum atomic E-state index is 12.8. The van der Waals surface area contributed by atoms with Gasteiger partial charge < -0.3 is 5.32 Å². The number of anilines is 1. The van der Waals surface area contributed by atoms with Crippen LogP contribution in [0, 0.1) is 5.82 Å². The molecular weight excluding hydrogens is 333 g/mol. The van der Waals surface area contributed by atoms with Crippen LogP contribution in [-0.2, 0) is 16.4 Å². The van der Waals surface area contributed by atoms with Crippen molar-refractivity contribution in [3.63, 3.8) is 0 Å². The first kappa shape index (κ1) is 16.2. The third-order valence-electron chi connectivity index (χ3n) is 2.44. The molecule has 0 atom stereocenters. The zero-order chi connectivity index (χ0) is 15.3. The quantitative estimate of drug-likeness (QED) is 0.776. The minimum atomic E-state index is -2.95. The molecule has 114 valence electrons. The van der Waals surface area contributed by atoms with Gasteiger partial charge in [-0.3, -0.25) is 0 Å². The molecule has 0 aliphatic carbocycles. The van der Waals surface area contributed by atoms with Gasteiger partial charge in [0, 0.05) is 18.6 Å². The highest BCUT2D eigenvalue weighted by Gasteiger charge is 2.07. The van der Waals surface area contributed by atoms with E-state index in [1.807, 2.05) is 0 Å². The standard InChI is InChI=1S/C12H14FN3O2S3/c1-21(17,18)7-6-19-12-16-15-11(20-12)14-8-9-2-4-10(13)5-3-9/h2-5H,6-8H2,1H3,(H,14,15). The zero-order valence-electron chi connectivity index (χ0n) is 11.2. The van der Waals surface area contributed by atoms with E-state index in [0.29, 0.717) is 17.4 Å². The average Bonchev–Trinajstić information content (AvgIpc) is 2.85. The molecule has 1 heterocycles. The van der Waals surface area contributed by atoms with Gasteiger partial charge >= 0.3 is 0 Å². The van der Waals surface area contributed by atoms with Gasteiger partial charge in [0.1, 0.15) is 15.7 Å². The molecule has 0 spiro atoms. The second-order valence-corrected chi connectivity index (χ2v) is 8.91. The van der Waals surface area contributed by atoms with E-state index in [1.54, 1.807) is 12.1 Å². The van der Waals surface area contributed by atoms with E-state index >= 15 is 0 Å². The molecule has 5 nitrogen and oxygen atoms in total. The second-order valence-electron chi connectivity index (χ2n) is 4.33. The van der Waals surface area contributed by atoms with Crippen molar-refractivity contribution >= 4 is 38.1 Å². The molecule has 0 radical (unpaired) electrons. The van der Waals surface area contributed by atoms with Crippen LogP contribution in [0.5, 0.6) is 0 Å². The largest absolute Gasteiger partial charge is 0.356 e. The molecule has 2 aromatic rings. The van der Waals surface area contributed by atoms with Gasteiger partial charge in [-0.05, 0) is 17.7 Å². The fourth-order valence-corrected chi connectivity index (χ4v) is 4.41. The van der Waals surface area contributed by atoms with Gasteiger partial charge in [-0.2, -0.15) is 0 Å². The van der Waals surface area contributed by atoms with Crippen molar-refractivity contribution in [2.24, 2.45) is 0 Å². The van der Waals surface area contributed by atoms with E-state index < -0.39 is 9.84 Å². The lowest BCUT2D eigenvalue weighted by atomic mass is 10.2. The highest BCUT2D eigenvalue weighted by atomic mass is 32.2. The molecule has 21 heavy (non-hydrogen) atoms. The van der Waals surface area contributed by atoms with Crippen molar-refractivity contribution in [3.8, 4) is 0 Å². The molecule has 0 saturated carbocycles. The minimum absolute atomic E-state index is 0.121. The molecule has 1 aromatic carbocycles. The molecular formula is C12H14FN3O2S3. The topological polar surface area (TPSA) is 72.0 Å². The van der Waals surface area contributed by atoms with Crippen molar-refractivity contribution in [1.29, 1.82) is 0 Å². The molecule has 0 aliphatic rings. The van der Waals surface area contributed by atoms with E-state index in [0.717, 1.165) is 9.90 Å². The van der Waals surface area contributed by atoms with E-state index in [2.05, 4.69) is 15.5 Å². The van der Waals surface area contributed by atoms with Crippen molar-refractivity contribution in [3.05, 3.63) is 35.6 Å². The SMILES string of the molecule is CS(=O)(=O)CCSc1nnc(NCc2ccc(F)cc2)s1. The summed E-state index contributed by atoms with van der Waals surface area (Å²) in [6, 6.07) is 6.21. The van der Waals surface area contributed by atoms with Gasteiger partial charge in [-0.15, -0.1) is 10.2 Å². The summed E-state index contributed by atoms with van der Waals surface area (Å²) in [5, 5.41) is 11.7. The predicted octanol–water partition coefficient (Wildman–Crippen LogP) is 2.43. The van der Waals surface area contributed by atoms with Gasteiger partial charge in [0.05, 0.1) is 5.75 Å². The van der Waals surface area contributed by atoms with Crippen LogP contribution >= 0.6 is 23.1 Å². The van der Waals surface area contributed by atoms with Gasteiger partial charge in [-0.1, -0.05) is 35.2 Å². The molecule has 0 saturated heterocycles. The second kappa shape index (κ2) is 7.19. The fraction of sp³-hybridized carbons (Fsp3) is 0.333. The van der Waals surface area contributed by atoms with Crippen LogP contribution in [-0.4, -0.2) is 36.4 Å². The number of halogens is 1. The van der Waals surface area contributed by atoms with Crippen molar-refractivity contribution in [2.45, 2.75) is 10.9 Å². The predicted molar refractivity (Wildman–Crippen MR) is 84.1 cm³/mol. The highest BCUT2D eigenvalue weighted by molar-refractivity contribution is 8.02. The molecule has 9 heteroatoms. The van der Waals surface area contributed by atoms with Crippen molar-refractivity contribution < 1.29 is 12.8 Å². The average molecular weight is 347 g/mol. The van der Waals surface area contributed by atoms with E-state index in [-0.39, 0.29) is 11.6 Å². The first-order valence-electron chi connectivity index (χ1n) is 6.05. The highest BCUT2D eigenvalue weighted by Crippen LogP contribution is 2.25. The van der Waals surface area contributed by atoms with Crippen LogP contribution in [0.1, 0.15) is 5.56 Å². The van der Waals surface area contributed by atoms with Gasteiger partial charge in [0.2, 0.25) is 5.13 Å². The first-order chi connectivity index (χ1) is 9.92. The Labute approximate surface area is 130 Å². The summed E-state index contributed by atoms with van der Waals surface area (Å²) in [4.78, 5) is 0. The summed E-state index contributed by atoms with van der Waals surface area (Å²) in [6.45, 7) is 0.531. The van der Waals surface area contributed by atoms with E-state index in [4.69, 9.17) is 0 Å². The van der Waals surface area contributed by atoms with Crippen molar-refractivity contribution in [2.75, 3.05) is 23.1 Å². The summed E-state index contributed by atoms with van der Waals surface area (Å²) < 4.78 is 35.5. The number of hydrogen-bond donors (Lipinski definition) is 1. The number of benzene rings is 1. The number of nitrogens with zero attached hydrogens (tertiary/aromatic N) is 2. The third kappa shape index (κ3) is 5.98. The van der Waals surface area contributed by atoms with Crippen LogP contribution in [0.15, 0.2) is 28.6 Å². The molecule has 1 aromatic heterocycles. The Bertz CT molecular complexity index is 686. The van der Waals surface area contributed by atoms with Gasteiger partial charge in [-0.25, -0.2) is 12.8 Å². The Kier molecular flexibility index (Phi) is 5.54. The lowest BCUT2D eigenvalue weighted by molar-refractivity contribution is 0.603. The minimum Gasteiger partial charge on any atom is -0.356 e. The number of hydrogen-bond acceptors (Lipinski definition) is 7. The number of rotatable bonds is 7. The molecule has 0 amide bonds. The number of aromatic nitrogens is 2. The smallest absolute Gasteiger partial charge is 0.206 e. The summed E-state index contributed by atoms with van der Waals surface area (Å²) in [6.07, 6.45) is 1.21. The Morgan fingerprint density at radius 1 is 1.29 bits per heavy atom. The number of thioether (sulfide) groups is 1. The van der Waals surface area contributed by atoms with Crippen LogP contribution in [0.3, 0.4) is 0 Å². The maximum absolute atomic E-state index is 12.8. The van der Waals surface area contributed by atoms with Gasteiger partial charge in [0.15, 0.2) is 4.34 Å². The molecule has 1 N–H and O–H groups in total. The van der Waals surface area contributed by atoms with Crippen LogP contribution in [0.2, 0.25) is 0 Å². The Morgan fingerprint density at radius 2 is 2.00 bits per heavy atom. The van der Waals surface area contributed by atoms with Crippen LogP contribution in [0.4, 0.5) is 9.52 Å². The number of sulfone groups is 1. The maximum Gasteiger partial charge on any atom is 0.206 e. The molecule has 0 aliphatic heterocycles. The van der Waals surface area contributed by atoms with Crippen molar-refractivity contribution in [1.82, 2.24) is 10.2 Å². The van der Waals surface area contributed by atoms with E-state index in [1.165, 1.54) is 41.5 Å². The summed E-state index contributed by atoms with van der Waals surface area (Å²) in [5.41, 5.74) is 0.942. The Balaban J connectivity index is 1.81. The lowest BCUT2D eigenvalue weighted by Crippen LogP contribution is -2.04. The van der Waals surface area contributed by atoms with Crippen LogP contribution < -0.4 is 5.32 Å². The summed E-state index contributed by atoms with van der Waals surface area (Å²) in [5.74, 6) is 0.320. The van der Waals surface area contributed by atoms with Crippen LogP contribution in [0.25, 0.3) is 0 Å². The Hall–Kier alpha value is -1.19. The third-order valence-corrected chi connectivity index (χ3v) is 5.66. The molecule has 0 bridgehead atoms. The summed E-state index contributed by atoms with van der Waals surface area (Å²) >= 11 is 2.73. The molecule has 0 unspecified atom stereocenters. The first-order valence-corrected chi connectivity index (χ1v) is 9.91. The lowest BCUT2D eigenvalue weighted by Gasteiger charge is -2.01. The molecule has 0 fully saturated rings. The normalized spacial score (nSPS) is 11.5. The van der Waals surface area contributed by atoms with Gasteiger partial charge in [0.25, 0.3) is 0 Å². The fourth-order valence-electron chi connectivity index (χ4n) is 1.40. The number of nitrogens with one attached hydrogen (secondary N) is 1. The van der Waals surface area contributed by atoms with E-state index in [9.17, 15) is 12.8 Å². The monoisotopic (exact) mass is 347 g/mol. The zero-order valence-corrected chi connectivity index (χ0v) is 13.7. The molecule has 2 rings (SSSR count).